The van der Waals surface area contributed by atoms with Crippen molar-refractivity contribution in [3.63, 3.8) is 0 Å². The number of rotatable bonds is 7. The number of carboxylic acid groups (broad SMARTS) is 1. The summed E-state index contributed by atoms with van der Waals surface area (Å²) in [5.41, 5.74) is 0.799. The minimum Gasteiger partial charge on any atom is -0.493 e. The number of hydrogen-bond acceptors (Lipinski definition) is 6. The number of methoxy groups -OCH3 is 2. The lowest BCUT2D eigenvalue weighted by Crippen LogP contribution is -2.43. The normalized spacial score (nSPS) is 16.7. The van der Waals surface area contributed by atoms with Crippen molar-refractivity contribution in [2.75, 3.05) is 26.1 Å². The van der Waals surface area contributed by atoms with Crippen LogP contribution in [0.15, 0.2) is 41.3 Å². The van der Waals surface area contributed by atoms with Gasteiger partial charge in [-0.2, -0.15) is 4.31 Å². The molecular formula is C21H24N2O7S. The fraction of sp³-hybridized carbons (Fsp3) is 0.333. The van der Waals surface area contributed by atoms with E-state index in [1.807, 2.05) is 0 Å². The van der Waals surface area contributed by atoms with Crippen molar-refractivity contribution in [2.24, 2.45) is 0 Å². The molecule has 1 atom stereocenters. The minimum atomic E-state index is -4.00. The smallest absolute Gasteiger partial charge is 0.337 e. The highest BCUT2D eigenvalue weighted by Crippen LogP contribution is 2.33. The van der Waals surface area contributed by atoms with Crippen molar-refractivity contribution < 1.29 is 32.6 Å². The zero-order valence-electron chi connectivity index (χ0n) is 17.4. The monoisotopic (exact) mass is 448 g/mol. The van der Waals surface area contributed by atoms with E-state index in [1.54, 1.807) is 13.0 Å². The fourth-order valence-corrected chi connectivity index (χ4v) is 5.23. The fourth-order valence-electron chi connectivity index (χ4n) is 3.56. The van der Waals surface area contributed by atoms with Crippen molar-refractivity contribution in [1.82, 2.24) is 4.31 Å². The number of amides is 1. The maximum absolute atomic E-state index is 13.2. The first-order chi connectivity index (χ1) is 14.7. The molecule has 0 aromatic heterocycles. The number of nitrogens with one attached hydrogen (secondary N) is 1. The second kappa shape index (κ2) is 8.94. The van der Waals surface area contributed by atoms with Gasteiger partial charge in [0.2, 0.25) is 15.9 Å². The van der Waals surface area contributed by atoms with Gasteiger partial charge in [-0.3, -0.25) is 4.79 Å². The Labute approximate surface area is 180 Å². The summed E-state index contributed by atoms with van der Waals surface area (Å²) < 4.78 is 38.0. The standard InChI is InChI=1S/C21H24N2O7S/c1-13-6-8-16(15(11-13)21(25)26)22-20(24)17-5-4-10-23(17)31(27,28)14-7-9-18(29-2)19(12-14)30-3/h6-9,11-12,17H,4-5,10H2,1-3H3,(H,22,24)(H,25,26). The molecule has 0 saturated carbocycles. The van der Waals surface area contributed by atoms with Crippen LogP contribution in [0.25, 0.3) is 0 Å². The summed E-state index contributed by atoms with van der Waals surface area (Å²) in [5.74, 6) is -1.11. The van der Waals surface area contributed by atoms with E-state index in [0.29, 0.717) is 18.6 Å². The number of carbonyl (C=O) groups excluding carboxylic acids is 1. The molecule has 0 aliphatic carbocycles. The number of hydrogen-bond donors (Lipinski definition) is 2. The molecule has 1 amide bonds. The summed E-state index contributed by atoms with van der Waals surface area (Å²) in [4.78, 5) is 24.4. The Kier molecular flexibility index (Phi) is 6.51. The zero-order chi connectivity index (χ0) is 22.8. The molecule has 31 heavy (non-hydrogen) atoms. The molecular weight excluding hydrogens is 424 g/mol. The zero-order valence-corrected chi connectivity index (χ0v) is 18.2. The second-order valence-corrected chi connectivity index (χ2v) is 9.02. The highest BCUT2D eigenvalue weighted by Gasteiger charge is 2.40. The summed E-state index contributed by atoms with van der Waals surface area (Å²) in [6, 6.07) is 7.90. The van der Waals surface area contributed by atoms with Gasteiger partial charge in [-0.1, -0.05) is 11.6 Å². The first kappa shape index (κ1) is 22.6. The van der Waals surface area contributed by atoms with Crippen LogP contribution in [0.1, 0.15) is 28.8 Å². The van der Waals surface area contributed by atoms with Crippen molar-refractivity contribution in [3.8, 4) is 11.5 Å². The maximum Gasteiger partial charge on any atom is 0.337 e. The third-order valence-electron chi connectivity index (χ3n) is 5.13. The summed E-state index contributed by atoms with van der Waals surface area (Å²) in [6.07, 6.45) is 0.830. The van der Waals surface area contributed by atoms with Crippen LogP contribution in [0, 0.1) is 6.92 Å². The molecule has 1 unspecified atom stereocenters. The number of nitrogens with zero attached hydrogens (tertiary/aromatic N) is 1. The topological polar surface area (TPSA) is 122 Å². The minimum absolute atomic E-state index is 0.0218. The Hall–Kier alpha value is -3.11. The van der Waals surface area contributed by atoms with Crippen LogP contribution in [-0.4, -0.2) is 56.5 Å². The molecule has 0 radical (unpaired) electrons. The molecule has 9 nitrogen and oxygen atoms in total. The molecule has 1 aliphatic rings. The van der Waals surface area contributed by atoms with E-state index < -0.39 is 27.9 Å². The Bertz CT molecular complexity index is 1110. The third-order valence-corrected chi connectivity index (χ3v) is 7.04. The predicted octanol–water partition coefficient (Wildman–Crippen LogP) is 2.50. The van der Waals surface area contributed by atoms with Crippen LogP contribution in [0.3, 0.4) is 0 Å². The molecule has 1 fully saturated rings. The summed E-state index contributed by atoms with van der Waals surface area (Å²) in [5, 5.41) is 12.0. The quantitative estimate of drug-likeness (QED) is 0.667. The van der Waals surface area contributed by atoms with Crippen molar-refractivity contribution >= 4 is 27.6 Å². The molecule has 0 bridgehead atoms. The van der Waals surface area contributed by atoms with E-state index in [1.165, 1.54) is 44.6 Å². The van der Waals surface area contributed by atoms with Gasteiger partial charge >= 0.3 is 5.97 Å². The Balaban J connectivity index is 1.89. The summed E-state index contributed by atoms with van der Waals surface area (Å²) >= 11 is 0. The van der Waals surface area contributed by atoms with Gasteiger partial charge in [-0.15, -0.1) is 0 Å². The van der Waals surface area contributed by atoms with Gasteiger partial charge in [0, 0.05) is 12.6 Å². The Morgan fingerprint density at radius 3 is 2.45 bits per heavy atom. The molecule has 3 rings (SSSR count). The van der Waals surface area contributed by atoms with Crippen molar-refractivity contribution in [2.45, 2.75) is 30.7 Å². The van der Waals surface area contributed by atoms with E-state index in [9.17, 15) is 23.1 Å². The van der Waals surface area contributed by atoms with Gasteiger partial charge in [0.15, 0.2) is 11.5 Å². The van der Waals surface area contributed by atoms with E-state index in [2.05, 4.69) is 5.32 Å². The maximum atomic E-state index is 13.2. The third kappa shape index (κ3) is 4.49. The van der Waals surface area contributed by atoms with Crippen LogP contribution >= 0.6 is 0 Å². The lowest BCUT2D eigenvalue weighted by Gasteiger charge is -2.24. The second-order valence-electron chi connectivity index (χ2n) is 7.13. The Morgan fingerprint density at radius 1 is 1.10 bits per heavy atom. The number of benzene rings is 2. The average molecular weight is 448 g/mol. The number of carboxylic acids is 1. The van der Waals surface area contributed by atoms with Crippen LogP contribution in [0.5, 0.6) is 11.5 Å². The Morgan fingerprint density at radius 2 is 1.81 bits per heavy atom. The first-order valence-electron chi connectivity index (χ1n) is 9.57. The predicted molar refractivity (Wildman–Crippen MR) is 113 cm³/mol. The van der Waals surface area contributed by atoms with Crippen LogP contribution in [0.2, 0.25) is 0 Å². The van der Waals surface area contributed by atoms with Gasteiger partial charge in [0.05, 0.1) is 30.4 Å². The molecule has 10 heteroatoms. The van der Waals surface area contributed by atoms with E-state index in [-0.39, 0.29) is 28.4 Å². The van der Waals surface area contributed by atoms with Gasteiger partial charge in [0.25, 0.3) is 0 Å². The van der Waals surface area contributed by atoms with Gasteiger partial charge < -0.3 is 19.9 Å². The lowest BCUT2D eigenvalue weighted by molar-refractivity contribution is -0.119. The largest absolute Gasteiger partial charge is 0.493 e. The summed E-state index contributed by atoms with van der Waals surface area (Å²) in [6.45, 7) is 1.92. The molecule has 0 spiro atoms. The molecule has 2 N–H and O–H groups in total. The number of anilines is 1. The highest BCUT2D eigenvalue weighted by molar-refractivity contribution is 7.89. The number of sulfonamides is 1. The van der Waals surface area contributed by atoms with E-state index in [0.717, 1.165) is 9.87 Å². The molecule has 1 aliphatic heterocycles. The summed E-state index contributed by atoms with van der Waals surface area (Å²) in [7, 11) is -1.14. The number of aromatic carboxylic acids is 1. The van der Waals surface area contributed by atoms with Crippen molar-refractivity contribution in [3.05, 3.63) is 47.5 Å². The van der Waals surface area contributed by atoms with Crippen LogP contribution < -0.4 is 14.8 Å². The number of carbonyl (C=O) groups is 2. The molecule has 1 heterocycles. The molecule has 2 aromatic carbocycles. The number of ether oxygens (including phenoxy) is 2. The SMILES string of the molecule is COc1ccc(S(=O)(=O)N2CCCC2C(=O)Nc2ccc(C)cc2C(=O)O)cc1OC. The van der Waals surface area contributed by atoms with E-state index >= 15 is 0 Å². The average Bonchev–Trinajstić information content (AvgIpc) is 3.25. The molecule has 1 saturated heterocycles. The van der Waals surface area contributed by atoms with Gasteiger partial charge in [0.1, 0.15) is 6.04 Å². The number of aryl methyl sites for hydroxylation is 1. The van der Waals surface area contributed by atoms with Crippen LogP contribution in [-0.2, 0) is 14.8 Å². The molecule has 166 valence electrons. The van der Waals surface area contributed by atoms with Gasteiger partial charge in [-0.25, -0.2) is 13.2 Å². The first-order valence-corrected chi connectivity index (χ1v) is 11.0. The van der Waals surface area contributed by atoms with Gasteiger partial charge in [-0.05, 0) is 44.0 Å². The van der Waals surface area contributed by atoms with Crippen LogP contribution in [0.4, 0.5) is 5.69 Å². The van der Waals surface area contributed by atoms with Crippen molar-refractivity contribution in [1.29, 1.82) is 0 Å². The van der Waals surface area contributed by atoms with E-state index in [4.69, 9.17) is 9.47 Å². The highest BCUT2D eigenvalue weighted by atomic mass is 32.2. The lowest BCUT2D eigenvalue weighted by atomic mass is 10.1. The molecule has 2 aromatic rings.